The quantitative estimate of drug-likeness (QED) is 0.777. The van der Waals surface area contributed by atoms with E-state index in [1.807, 2.05) is 0 Å². The number of hydrogen-bond donors (Lipinski definition) is 0. The maximum atomic E-state index is 11.9. The molecule has 0 saturated carbocycles. The van der Waals surface area contributed by atoms with Gasteiger partial charge in [-0.1, -0.05) is 18.2 Å². The number of rotatable bonds is 4. The molecule has 0 unspecified atom stereocenters. The SMILES string of the molecule is O=S(=O)(Cl)Cc1ccccc1OC(F)F. The van der Waals surface area contributed by atoms with E-state index in [0.717, 1.165) is 0 Å². The van der Waals surface area contributed by atoms with Crippen LogP contribution in [0.4, 0.5) is 8.78 Å². The monoisotopic (exact) mass is 256 g/mol. The molecule has 0 aliphatic heterocycles. The molecule has 1 aromatic rings. The van der Waals surface area contributed by atoms with E-state index in [-0.39, 0.29) is 11.3 Å². The van der Waals surface area contributed by atoms with Crippen LogP contribution in [0.25, 0.3) is 0 Å². The highest BCUT2D eigenvalue weighted by Crippen LogP contribution is 2.23. The second-order valence-corrected chi connectivity index (χ2v) is 5.45. The highest BCUT2D eigenvalue weighted by Gasteiger charge is 2.14. The van der Waals surface area contributed by atoms with Gasteiger partial charge in [0.15, 0.2) is 0 Å². The fourth-order valence-electron chi connectivity index (χ4n) is 1.02. The lowest BCUT2D eigenvalue weighted by molar-refractivity contribution is -0.0503. The summed E-state index contributed by atoms with van der Waals surface area (Å²) in [6.45, 7) is -3.00. The van der Waals surface area contributed by atoms with E-state index in [9.17, 15) is 17.2 Å². The molecule has 0 bridgehead atoms. The van der Waals surface area contributed by atoms with Crippen molar-refractivity contribution in [3.05, 3.63) is 29.8 Å². The Morgan fingerprint density at radius 3 is 2.47 bits per heavy atom. The van der Waals surface area contributed by atoms with E-state index in [2.05, 4.69) is 4.74 Å². The molecule has 15 heavy (non-hydrogen) atoms. The highest BCUT2D eigenvalue weighted by molar-refractivity contribution is 8.13. The Balaban J connectivity index is 2.96. The van der Waals surface area contributed by atoms with Gasteiger partial charge in [0.05, 0.1) is 5.75 Å². The van der Waals surface area contributed by atoms with Gasteiger partial charge in [-0.05, 0) is 6.07 Å². The zero-order chi connectivity index (χ0) is 11.5. The van der Waals surface area contributed by atoms with E-state index in [1.54, 1.807) is 0 Å². The molecule has 3 nitrogen and oxygen atoms in total. The number of halogens is 3. The predicted octanol–water partition coefficient (Wildman–Crippen LogP) is 2.36. The van der Waals surface area contributed by atoms with Gasteiger partial charge in [0.25, 0.3) is 0 Å². The fourth-order valence-corrected chi connectivity index (χ4v) is 1.98. The Morgan fingerprint density at radius 2 is 1.93 bits per heavy atom. The maximum Gasteiger partial charge on any atom is 0.387 e. The Bertz CT molecular complexity index is 433. The molecule has 0 heterocycles. The van der Waals surface area contributed by atoms with Gasteiger partial charge in [-0.15, -0.1) is 0 Å². The van der Waals surface area contributed by atoms with Crippen molar-refractivity contribution in [1.29, 1.82) is 0 Å². The summed E-state index contributed by atoms with van der Waals surface area (Å²) < 4.78 is 49.5. The molecule has 0 N–H and O–H groups in total. The average molecular weight is 257 g/mol. The first-order valence-corrected chi connectivity index (χ1v) is 6.31. The predicted molar refractivity (Wildman–Crippen MR) is 51.6 cm³/mol. The minimum absolute atomic E-state index is 0.104. The summed E-state index contributed by atoms with van der Waals surface area (Å²) in [7, 11) is 1.22. The van der Waals surface area contributed by atoms with E-state index in [0.29, 0.717) is 0 Å². The number of para-hydroxylation sites is 1. The Hall–Kier alpha value is -0.880. The summed E-state index contributed by atoms with van der Waals surface area (Å²) in [5, 5.41) is 0. The Labute approximate surface area is 90.0 Å². The Kier molecular flexibility index (Phi) is 3.87. The number of benzene rings is 1. The lowest BCUT2D eigenvalue weighted by atomic mass is 10.2. The van der Waals surface area contributed by atoms with Gasteiger partial charge in [-0.2, -0.15) is 8.78 Å². The highest BCUT2D eigenvalue weighted by atomic mass is 35.7. The third-order valence-corrected chi connectivity index (χ3v) is 2.50. The minimum atomic E-state index is -3.79. The molecule has 84 valence electrons. The van der Waals surface area contributed by atoms with E-state index in [1.165, 1.54) is 24.3 Å². The van der Waals surface area contributed by atoms with Crippen molar-refractivity contribution in [3.8, 4) is 5.75 Å². The summed E-state index contributed by atoms with van der Waals surface area (Å²) in [5.41, 5.74) is 0.104. The van der Waals surface area contributed by atoms with Crippen LogP contribution in [0.15, 0.2) is 24.3 Å². The minimum Gasteiger partial charge on any atom is -0.435 e. The van der Waals surface area contributed by atoms with Crippen LogP contribution >= 0.6 is 10.7 Å². The van der Waals surface area contributed by atoms with Crippen molar-refractivity contribution < 1.29 is 21.9 Å². The van der Waals surface area contributed by atoms with Gasteiger partial charge in [0.2, 0.25) is 9.05 Å². The average Bonchev–Trinajstić information content (AvgIpc) is 2.05. The van der Waals surface area contributed by atoms with Crippen molar-refractivity contribution in [2.75, 3.05) is 0 Å². The molecule has 0 atom stereocenters. The fraction of sp³-hybridized carbons (Fsp3) is 0.250. The van der Waals surface area contributed by atoms with Gasteiger partial charge >= 0.3 is 6.61 Å². The molecular weight excluding hydrogens is 250 g/mol. The molecule has 0 amide bonds. The summed E-state index contributed by atoms with van der Waals surface area (Å²) in [4.78, 5) is 0. The lowest BCUT2D eigenvalue weighted by Crippen LogP contribution is -2.05. The maximum absolute atomic E-state index is 11.9. The van der Waals surface area contributed by atoms with Crippen LogP contribution in [0.3, 0.4) is 0 Å². The summed E-state index contributed by atoms with van der Waals surface area (Å²) in [5.74, 6) is -0.728. The van der Waals surface area contributed by atoms with E-state index in [4.69, 9.17) is 10.7 Å². The Morgan fingerprint density at radius 1 is 1.33 bits per heavy atom. The first-order chi connectivity index (χ1) is 6.88. The second-order valence-electron chi connectivity index (χ2n) is 2.67. The standard InChI is InChI=1S/C8H7ClF2O3S/c9-15(12,13)5-6-3-1-2-4-7(6)14-8(10)11/h1-4,8H,5H2. The molecule has 1 rings (SSSR count). The third-order valence-electron chi connectivity index (χ3n) is 1.52. The summed E-state index contributed by atoms with van der Waals surface area (Å²) >= 11 is 0. The van der Waals surface area contributed by atoms with Gasteiger partial charge < -0.3 is 4.74 Å². The van der Waals surface area contributed by atoms with Crippen LogP contribution in [0.1, 0.15) is 5.56 Å². The largest absolute Gasteiger partial charge is 0.435 e. The molecule has 7 heteroatoms. The van der Waals surface area contributed by atoms with Crippen molar-refractivity contribution in [3.63, 3.8) is 0 Å². The number of ether oxygens (including phenoxy) is 1. The molecule has 0 radical (unpaired) electrons. The first-order valence-electron chi connectivity index (χ1n) is 3.83. The van der Waals surface area contributed by atoms with Crippen molar-refractivity contribution in [2.24, 2.45) is 0 Å². The number of alkyl halides is 2. The number of hydrogen-bond acceptors (Lipinski definition) is 3. The topological polar surface area (TPSA) is 43.4 Å². The van der Waals surface area contributed by atoms with Gasteiger partial charge in [-0.3, -0.25) is 0 Å². The first kappa shape index (κ1) is 12.2. The summed E-state index contributed by atoms with van der Waals surface area (Å²) in [6, 6.07) is 5.58. The molecule has 0 spiro atoms. The van der Waals surface area contributed by atoms with Crippen LogP contribution in [0.2, 0.25) is 0 Å². The molecule has 0 aliphatic rings. The zero-order valence-corrected chi connectivity index (χ0v) is 8.93. The van der Waals surface area contributed by atoms with Crippen LogP contribution in [0, 0.1) is 0 Å². The zero-order valence-electron chi connectivity index (χ0n) is 7.36. The smallest absolute Gasteiger partial charge is 0.387 e. The summed E-state index contributed by atoms with van der Waals surface area (Å²) in [6.07, 6.45) is 0. The third kappa shape index (κ3) is 4.44. The molecule has 0 saturated heterocycles. The van der Waals surface area contributed by atoms with Crippen molar-refractivity contribution >= 4 is 19.7 Å². The van der Waals surface area contributed by atoms with Crippen molar-refractivity contribution in [1.82, 2.24) is 0 Å². The molecule has 0 aliphatic carbocycles. The van der Waals surface area contributed by atoms with Crippen LogP contribution in [0.5, 0.6) is 5.75 Å². The van der Waals surface area contributed by atoms with Crippen molar-refractivity contribution in [2.45, 2.75) is 12.4 Å². The van der Waals surface area contributed by atoms with Crippen LogP contribution < -0.4 is 4.74 Å². The van der Waals surface area contributed by atoms with Crippen LogP contribution in [-0.4, -0.2) is 15.0 Å². The van der Waals surface area contributed by atoms with Gasteiger partial charge in [-0.25, -0.2) is 8.42 Å². The lowest BCUT2D eigenvalue weighted by Gasteiger charge is -2.08. The second kappa shape index (κ2) is 4.76. The van der Waals surface area contributed by atoms with Gasteiger partial charge in [0.1, 0.15) is 5.75 Å². The normalized spacial score (nSPS) is 11.7. The molecular formula is C8H7ClF2O3S. The van der Waals surface area contributed by atoms with E-state index < -0.39 is 21.4 Å². The molecule has 0 aromatic heterocycles. The van der Waals surface area contributed by atoms with E-state index >= 15 is 0 Å². The molecule has 1 aromatic carbocycles. The van der Waals surface area contributed by atoms with Gasteiger partial charge in [0, 0.05) is 16.2 Å². The van der Waals surface area contributed by atoms with Crippen LogP contribution in [-0.2, 0) is 14.8 Å². The molecule has 0 fully saturated rings.